The van der Waals surface area contributed by atoms with Crippen LogP contribution in [-0.2, 0) is 0 Å². The fourth-order valence-corrected chi connectivity index (χ4v) is 2.32. The van der Waals surface area contributed by atoms with Crippen LogP contribution in [0, 0.1) is 5.82 Å². The van der Waals surface area contributed by atoms with E-state index in [2.05, 4.69) is 21.2 Å². The van der Waals surface area contributed by atoms with Crippen LogP contribution >= 0.6 is 15.9 Å². The minimum absolute atomic E-state index is 0.133. The van der Waals surface area contributed by atoms with Gasteiger partial charge in [-0.25, -0.2) is 4.39 Å². The molecule has 2 rings (SSSR count). The lowest BCUT2D eigenvalue weighted by molar-refractivity contribution is 0.0704. The lowest BCUT2D eigenvalue weighted by Gasteiger charge is -2.32. The van der Waals surface area contributed by atoms with Gasteiger partial charge in [0.15, 0.2) is 0 Å². The van der Waals surface area contributed by atoms with Gasteiger partial charge < -0.3 is 10.2 Å². The summed E-state index contributed by atoms with van der Waals surface area (Å²) in [5.74, 6) is -0.721. The highest BCUT2D eigenvalue weighted by molar-refractivity contribution is 9.10. The Hall–Kier alpha value is -0.940. The quantitative estimate of drug-likeness (QED) is 0.861. The van der Waals surface area contributed by atoms with Crippen molar-refractivity contribution < 1.29 is 9.18 Å². The van der Waals surface area contributed by atoms with Crippen LogP contribution in [0.2, 0.25) is 0 Å². The Morgan fingerprint density at radius 2 is 2.35 bits per heavy atom. The molecular formula is C12H14BrFN2O. The molecule has 1 heterocycles. The third-order valence-electron chi connectivity index (χ3n) is 2.84. The van der Waals surface area contributed by atoms with Crippen LogP contribution in [0.15, 0.2) is 22.7 Å². The normalized spacial score (nSPS) is 20.4. The van der Waals surface area contributed by atoms with Gasteiger partial charge in [0.2, 0.25) is 0 Å². The fraction of sp³-hybridized carbons (Fsp3) is 0.417. The average Bonchev–Trinajstić information content (AvgIpc) is 2.32. The number of nitrogens with zero attached hydrogens (tertiary/aromatic N) is 1. The number of benzene rings is 1. The first-order chi connectivity index (χ1) is 8.09. The largest absolute Gasteiger partial charge is 0.336 e. The zero-order valence-electron chi connectivity index (χ0n) is 9.54. The SMILES string of the molecule is CC1CN(C(=O)c2cccc(Br)c2F)CCN1. The standard InChI is InChI=1S/C12H14BrFN2O/c1-8-7-16(6-5-15-8)12(17)9-3-2-4-10(13)11(9)14/h2-4,8,15H,5-7H2,1H3. The Labute approximate surface area is 108 Å². The van der Waals surface area contributed by atoms with Crippen molar-refractivity contribution in [1.29, 1.82) is 0 Å². The maximum atomic E-state index is 13.8. The highest BCUT2D eigenvalue weighted by atomic mass is 79.9. The monoisotopic (exact) mass is 300 g/mol. The van der Waals surface area contributed by atoms with E-state index in [9.17, 15) is 9.18 Å². The number of piperazine rings is 1. The molecule has 1 aromatic rings. The maximum Gasteiger partial charge on any atom is 0.256 e. The van der Waals surface area contributed by atoms with E-state index in [4.69, 9.17) is 0 Å². The van der Waals surface area contributed by atoms with Crippen LogP contribution in [-0.4, -0.2) is 36.5 Å². The number of hydrogen-bond acceptors (Lipinski definition) is 2. The summed E-state index contributed by atoms with van der Waals surface area (Å²) in [6, 6.07) is 5.04. The van der Waals surface area contributed by atoms with Gasteiger partial charge in [-0.2, -0.15) is 0 Å². The van der Waals surface area contributed by atoms with Gasteiger partial charge >= 0.3 is 0 Å². The molecule has 1 unspecified atom stereocenters. The summed E-state index contributed by atoms with van der Waals surface area (Å²) in [6.07, 6.45) is 0. The molecule has 0 saturated carbocycles. The summed E-state index contributed by atoms with van der Waals surface area (Å²) >= 11 is 3.09. The Bertz CT molecular complexity index is 439. The molecule has 0 aromatic heterocycles. The van der Waals surface area contributed by atoms with E-state index in [0.717, 1.165) is 6.54 Å². The molecular weight excluding hydrogens is 287 g/mol. The first-order valence-corrected chi connectivity index (χ1v) is 6.35. The number of amides is 1. The molecule has 0 spiro atoms. The Balaban J connectivity index is 2.22. The van der Waals surface area contributed by atoms with E-state index in [0.29, 0.717) is 17.6 Å². The Morgan fingerprint density at radius 3 is 3.06 bits per heavy atom. The zero-order chi connectivity index (χ0) is 12.4. The number of rotatable bonds is 1. The first-order valence-electron chi connectivity index (χ1n) is 5.56. The summed E-state index contributed by atoms with van der Waals surface area (Å²) in [5, 5.41) is 3.25. The molecule has 1 aromatic carbocycles. The Kier molecular flexibility index (Phi) is 3.79. The van der Waals surface area contributed by atoms with Crippen molar-refractivity contribution in [2.24, 2.45) is 0 Å². The summed E-state index contributed by atoms with van der Waals surface area (Å²) in [4.78, 5) is 13.8. The highest BCUT2D eigenvalue weighted by Crippen LogP contribution is 2.20. The second-order valence-corrected chi connectivity index (χ2v) is 5.06. The number of carbonyl (C=O) groups excluding carboxylic acids is 1. The van der Waals surface area contributed by atoms with Crippen molar-refractivity contribution in [2.75, 3.05) is 19.6 Å². The van der Waals surface area contributed by atoms with Crippen LogP contribution in [0.25, 0.3) is 0 Å². The maximum absolute atomic E-state index is 13.8. The number of carbonyl (C=O) groups is 1. The van der Waals surface area contributed by atoms with E-state index in [1.807, 2.05) is 6.92 Å². The topological polar surface area (TPSA) is 32.3 Å². The van der Waals surface area contributed by atoms with E-state index in [1.54, 1.807) is 17.0 Å². The molecule has 1 aliphatic rings. The summed E-state index contributed by atoms with van der Waals surface area (Å²) in [5.41, 5.74) is 0.133. The molecule has 1 amide bonds. The first kappa shape index (κ1) is 12.5. The van der Waals surface area contributed by atoms with Crippen molar-refractivity contribution in [3.8, 4) is 0 Å². The van der Waals surface area contributed by atoms with Crippen LogP contribution in [0.1, 0.15) is 17.3 Å². The molecule has 1 aliphatic heterocycles. The lowest BCUT2D eigenvalue weighted by atomic mass is 10.1. The third kappa shape index (κ3) is 2.66. The van der Waals surface area contributed by atoms with Gasteiger partial charge in [0.1, 0.15) is 5.82 Å². The van der Waals surface area contributed by atoms with Gasteiger partial charge in [-0.1, -0.05) is 6.07 Å². The predicted molar refractivity (Wildman–Crippen MR) is 67.5 cm³/mol. The van der Waals surface area contributed by atoms with E-state index in [-0.39, 0.29) is 17.5 Å². The average molecular weight is 301 g/mol. The van der Waals surface area contributed by atoms with E-state index >= 15 is 0 Å². The van der Waals surface area contributed by atoms with Crippen molar-refractivity contribution in [1.82, 2.24) is 10.2 Å². The summed E-state index contributed by atoms with van der Waals surface area (Å²) in [6.45, 7) is 4.00. The number of nitrogens with one attached hydrogen (secondary N) is 1. The van der Waals surface area contributed by atoms with E-state index < -0.39 is 5.82 Å². The third-order valence-corrected chi connectivity index (χ3v) is 3.45. The minimum atomic E-state index is -0.483. The second kappa shape index (κ2) is 5.14. The van der Waals surface area contributed by atoms with E-state index in [1.165, 1.54) is 6.07 Å². The molecule has 1 saturated heterocycles. The smallest absolute Gasteiger partial charge is 0.256 e. The summed E-state index contributed by atoms with van der Waals surface area (Å²) < 4.78 is 14.1. The van der Waals surface area contributed by atoms with Crippen molar-refractivity contribution in [3.63, 3.8) is 0 Å². The van der Waals surface area contributed by atoms with Gasteiger partial charge in [-0.15, -0.1) is 0 Å². The van der Waals surface area contributed by atoms with Gasteiger partial charge in [0.05, 0.1) is 10.0 Å². The van der Waals surface area contributed by atoms with Crippen LogP contribution in [0.3, 0.4) is 0 Å². The molecule has 0 radical (unpaired) electrons. The van der Waals surface area contributed by atoms with Crippen LogP contribution in [0.5, 0.6) is 0 Å². The molecule has 92 valence electrons. The molecule has 1 fully saturated rings. The zero-order valence-corrected chi connectivity index (χ0v) is 11.1. The number of hydrogen-bond donors (Lipinski definition) is 1. The molecule has 1 atom stereocenters. The fourth-order valence-electron chi connectivity index (χ4n) is 1.96. The van der Waals surface area contributed by atoms with Crippen molar-refractivity contribution >= 4 is 21.8 Å². The van der Waals surface area contributed by atoms with Crippen LogP contribution in [0.4, 0.5) is 4.39 Å². The van der Waals surface area contributed by atoms with Crippen molar-refractivity contribution in [2.45, 2.75) is 13.0 Å². The van der Waals surface area contributed by atoms with Gasteiger partial charge in [0, 0.05) is 25.7 Å². The highest BCUT2D eigenvalue weighted by Gasteiger charge is 2.24. The molecule has 17 heavy (non-hydrogen) atoms. The number of halogens is 2. The van der Waals surface area contributed by atoms with Gasteiger partial charge in [-0.05, 0) is 35.0 Å². The van der Waals surface area contributed by atoms with Gasteiger partial charge in [0.25, 0.3) is 5.91 Å². The molecule has 3 nitrogen and oxygen atoms in total. The minimum Gasteiger partial charge on any atom is -0.336 e. The molecule has 0 bridgehead atoms. The lowest BCUT2D eigenvalue weighted by Crippen LogP contribution is -2.51. The summed E-state index contributed by atoms with van der Waals surface area (Å²) in [7, 11) is 0. The van der Waals surface area contributed by atoms with Gasteiger partial charge in [-0.3, -0.25) is 4.79 Å². The molecule has 5 heteroatoms. The molecule has 1 N–H and O–H groups in total. The van der Waals surface area contributed by atoms with Crippen LogP contribution < -0.4 is 5.32 Å². The Morgan fingerprint density at radius 1 is 1.59 bits per heavy atom. The second-order valence-electron chi connectivity index (χ2n) is 4.21. The van der Waals surface area contributed by atoms with Crippen molar-refractivity contribution in [3.05, 3.63) is 34.1 Å². The molecule has 0 aliphatic carbocycles. The predicted octanol–water partition coefficient (Wildman–Crippen LogP) is 2.02.